The standard InChI is InChI=1S/C34H45N3O11S4.2Na/c1-24-13-15-28-26(22-24)33(2,3)30(36(28)18-6-7-20-49(38,39)40)10-8-11-31-34(4,5)27-23-25(51(44,45)35-17-21-50(41,42)43)14-16-29(27)37(31)19-9-12-32(37)52(46,47)48;;/h8,10-11,13-16,22-23,32,35H,6-7,9,12,17-21H2,1-5H3,(H-2,38,39,40,41,42,43,46,47,48);;/q;2*+1/p-1/b10-8?,31-11+;;. The van der Waals surface area contributed by atoms with Crippen LogP contribution in [-0.4, -0.2) is 94.1 Å². The van der Waals surface area contributed by atoms with Crippen LogP contribution < -0.4 is 68.3 Å². The van der Waals surface area contributed by atoms with Crippen molar-refractivity contribution < 1.29 is 111 Å². The summed E-state index contributed by atoms with van der Waals surface area (Å²) in [6.07, 6.45) is 6.62. The maximum Gasteiger partial charge on any atom is 1.00 e. The predicted molar refractivity (Wildman–Crippen MR) is 194 cm³/mol. The van der Waals surface area contributed by atoms with Crippen LogP contribution in [0.5, 0.6) is 0 Å². The number of fused-ring (bicyclic) bond motifs is 3. The third-order valence-electron chi connectivity index (χ3n) is 10.5. The van der Waals surface area contributed by atoms with Gasteiger partial charge in [0.2, 0.25) is 15.7 Å². The van der Waals surface area contributed by atoms with Crippen LogP contribution in [0.4, 0.5) is 11.4 Å². The van der Waals surface area contributed by atoms with Gasteiger partial charge in [0.15, 0.2) is 21.2 Å². The Kier molecular flexibility index (Phi) is 14.8. The smallest absolute Gasteiger partial charge is 0.748 e. The van der Waals surface area contributed by atoms with Crippen molar-refractivity contribution in [3.05, 3.63) is 77.0 Å². The van der Waals surface area contributed by atoms with Gasteiger partial charge >= 0.3 is 59.1 Å². The molecule has 1 N–H and O–H groups in total. The second kappa shape index (κ2) is 16.8. The Hall–Kier alpha value is -0.810. The van der Waals surface area contributed by atoms with Crippen LogP contribution in [0.15, 0.2) is 65.2 Å². The number of nitrogens with one attached hydrogen (secondary N) is 1. The van der Waals surface area contributed by atoms with E-state index in [-0.39, 0.29) is 87.9 Å². The molecule has 2 aromatic carbocycles. The molecule has 2 aromatic rings. The number of rotatable bonds is 13. The van der Waals surface area contributed by atoms with Gasteiger partial charge in [0.1, 0.15) is 17.9 Å². The van der Waals surface area contributed by atoms with Crippen molar-refractivity contribution in [2.75, 3.05) is 31.1 Å². The second-order valence-electron chi connectivity index (χ2n) is 14.7. The van der Waals surface area contributed by atoms with E-state index < -0.39 is 74.6 Å². The zero-order valence-electron chi connectivity index (χ0n) is 31.7. The molecule has 3 aliphatic rings. The number of hydrogen-bond donors (Lipinski definition) is 1. The molecule has 2 atom stereocenters. The number of allylic oxidation sites excluding steroid dienone is 4. The summed E-state index contributed by atoms with van der Waals surface area (Å²) in [6, 6.07) is 10.3. The summed E-state index contributed by atoms with van der Waals surface area (Å²) in [4.78, 5) is -0.213. The molecule has 3 aliphatic heterocycles. The molecule has 14 nitrogen and oxygen atoms in total. The van der Waals surface area contributed by atoms with Crippen LogP contribution in [0.1, 0.15) is 70.1 Å². The zero-order valence-corrected chi connectivity index (χ0v) is 38.9. The molecule has 0 aromatic heterocycles. The summed E-state index contributed by atoms with van der Waals surface area (Å²) in [6.45, 7) is 9.83. The number of sulfonamides is 1. The van der Waals surface area contributed by atoms with Crippen LogP contribution in [0.25, 0.3) is 0 Å². The first-order valence-electron chi connectivity index (χ1n) is 16.8. The number of nitrogens with zero attached hydrogens (tertiary/aromatic N) is 2. The van der Waals surface area contributed by atoms with Gasteiger partial charge in [-0.1, -0.05) is 17.7 Å². The Morgan fingerprint density at radius 1 is 0.852 bits per heavy atom. The minimum Gasteiger partial charge on any atom is -0.748 e. The van der Waals surface area contributed by atoms with Gasteiger partial charge < -0.3 is 13.7 Å². The number of aryl methyl sites for hydroxylation is 1. The minimum atomic E-state index is -4.85. The third kappa shape index (κ3) is 9.55. The Morgan fingerprint density at radius 3 is 2.11 bits per heavy atom. The first-order chi connectivity index (χ1) is 23.8. The SMILES string of the molecule is Cc1ccc2c(c1)C(C)(C)C(C=C/C=C1\C(C)(C)c3cc(S(=O)(=O)NCCS(=O)(=O)[O-])ccc3[N+]13CCCC3S(=O)(=O)[O-])=[N+]2CCCCS(=O)(=O)[O-].[Na+].[Na+]. The van der Waals surface area contributed by atoms with Crippen molar-refractivity contribution in [2.24, 2.45) is 0 Å². The molecule has 3 heterocycles. The van der Waals surface area contributed by atoms with Crippen molar-refractivity contribution in [3.8, 4) is 0 Å². The molecule has 0 radical (unpaired) electrons. The Bertz CT molecular complexity index is 2340. The molecule has 1 saturated heterocycles. The van der Waals surface area contributed by atoms with E-state index in [9.17, 15) is 47.3 Å². The van der Waals surface area contributed by atoms with Gasteiger partial charge in [-0.15, -0.1) is 0 Å². The van der Waals surface area contributed by atoms with Crippen LogP contribution in [0, 0.1) is 6.92 Å². The van der Waals surface area contributed by atoms with Gasteiger partial charge in [0.25, 0.3) is 0 Å². The van der Waals surface area contributed by atoms with E-state index in [0.717, 1.165) is 22.5 Å². The fourth-order valence-electron chi connectivity index (χ4n) is 8.13. The minimum absolute atomic E-state index is 0. The van der Waals surface area contributed by atoms with Crippen LogP contribution in [-0.2, 0) is 51.2 Å². The molecule has 0 aliphatic carbocycles. The van der Waals surface area contributed by atoms with Crippen molar-refractivity contribution >= 4 is 57.5 Å². The molecule has 0 saturated carbocycles. The summed E-state index contributed by atoms with van der Waals surface area (Å²) in [5.74, 6) is -1.41. The average Bonchev–Trinajstić information content (AvgIpc) is 3.59. The largest absolute Gasteiger partial charge is 1.00 e. The predicted octanol–water partition coefficient (Wildman–Crippen LogP) is -3.07. The van der Waals surface area contributed by atoms with Gasteiger partial charge in [-0.05, 0) is 65.3 Å². The molecule has 0 amide bonds. The van der Waals surface area contributed by atoms with Gasteiger partial charge in [-0.3, -0.25) is 0 Å². The van der Waals surface area contributed by atoms with Crippen LogP contribution in [0.2, 0.25) is 0 Å². The maximum absolute atomic E-state index is 13.2. The van der Waals surface area contributed by atoms with E-state index in [0.29, 0.717) is 36.3 Å². The second-order valence-corrected chi connectivity index (χ2v) is 21.1. The van der Waals surface area contributed by atoms with E-state index in [1.165, 1.54) is 18.2 Å². The number of unbranched alkanes of at least 4 members (excludes halogenated alkanes) is 1. The van der Waals surface area contributed by atoms with Gasteiger partial charge in [0, 0.05) is 60.9 Å². The molecule has 2 unspecified atom stereocenters. The third-order valence-corrected chi connectivity index (χ3v) is 14.7. The van der Waals surface area contributed by atoms with E-state index in [1.54, 1.807) is 12.2 Å². The van der Waals surface area contributed by atoms with Crippen molar-refractivity contribution in [3.63, 3.8) is 0 Å². The fraction of sp³-hybridized carbons (Fsp3) is 0.500. The molecule has 286 valence electrons. The number of quaternary nitrogens is 1. The van der Waals surface area contributed by atoms with Crippen LogP contribution in [0.3, 0.4) is 0 Å². The Balaban J connectivity index is 0.00000392. The molecule has 5 rings (SSSR count). The molecular weight excluding hydrogens is 801 g/mol. The molecule has 1 spiro atoms. The monoisotopic (exact) mass is 844 g/mol. The summed E-state index contributed by atoms with van der Waals surface area (Å²) >= 11 is 0. The summed E-state index contributed by atoms with van der Waals surface area (Å²) in [5.41, 5.74) is 3.96. The van der Waals surface area contributed by atoms with E-state index in [1.807, 2.05) is 39.0 Å². The first-order valence-corrected chi connectivity index (χ1v) is 22.9. The van der Waals surface area contributed by atoms with E-state index >= 15 is 0 Å². The summed E-state index contributed by atoms with van der Waals surface area (Å²) < 4.78 is 136. The zero-order chi connectivity index (χ0) is 38.7. The fourth-order valence-corrected chi connectivity index (χ4v) is 11.5. The van der Waals surface area contributed by atoms with Crippen LogP contribution >= 0.6 is 0 Å². The number of hydrogen-bond acceptors (Lipinski definition) is 11. The van der Waals surface area contributed by atoms with Crippen molar-refractivity contribution in [1.29, 1.82) is 0 Å². The molecule has 0 bridgehead atoms. The van der Waals surface area contributed by atoms with E-state index in [4.69, 9.17) is 0 Å². The Labute approximate surface area is 363 Å². The maximum atomic E-state index is 13.2. The van der Waals surface area contributed by atoms with Gasteiger partial charge in [-0.2, -0.15) is 4.58 Å². The molecular formula is C34H44N3Na2O11S4+. The topological polar surface area (TPSA) is 221 Å². The van der Waals surface area contributed by atoms with Gasteiger partial charge in [0.05, 0.1) is 48.3 Å². The first kappa shape index (κ1) is 47.6. The summed E-state index contributed by atoms with van der Waals surface area (Å²) in [5, 5.41) is -1.37. The van der Waals surface area contributed by atoms with E-state index in [2.05, 4.69) is 29.2 Å². The van der Waals surface area contributed by atoms with Crippen molar-refractivity contribution in [2.45, 2.75) is 81.4 Å². The van der Waals surface area contributed by atoms with Crippen molar-refractivity contribution in [1.82, 2.24) is 9.21 Å². The molecule has 20 heteroatoms. The molecule has 1 fully saturated rings. The quantitative estimate of drug-likeness (QED) is 0.0701. The molecule has 54 heavy (non-hydrogen) atoms. The summed E-state index contributed by atoms with van der Waals surface area (Å²) in [7, 11) is -18.2. The Morgan fingerprint density at radius 2 is 1.50 bits per heavy atom. The average molecular weight is 845 g/mol. The van der Waals surface area contributed by atoms with Gasteiger partial charge in [-0.25, -0.2) is 42.9 Å². The number of benzene rings is 2. The normalized spacial score (nSPS) is 22.7.